The molecule has 0 aliphatic carbocycles. The summed E-state index contributed by atoms with van der Waals surface area (Å²) in [5.74, 6) is 2.58. The molecule has 0 aliphatic rings. The zero-order chi connectivity index (χ0) is 15.9. The molecular formula is C19H26N2O. The second-order valence-electron chi connectivity index (χ2n) is 5.92. The van der Waals surface area contributed by atoms with E-state index in [4.69, 9.17) is 16.2 Å². The van der Waals surface area contributed by atoms with Crippen molar-refractivity contribution in [3.05, 3.63) is 59.7 Å². The van der Waals surface area contributed by atoms with Gasteiger partial charge in [-0.3, -0.25) is 0 Å². The van der Waals surface area contributed by atoms with E-state index in [0.29, 0.717) is 24.9 Å². The third-order valence-electron chi connectivity index (χ3n) is 4.25. The molecule has 3 nitrogen and oxygen atoms in total. The molecule has 2 aromatic rings. The van der Waals surface area contributed by atoms with Crippen molar-refractivity contribution in [1.29, 1.82) is 0 Å². The van der Waals surface area contributed by atoms with Gasteiger partial charge in [-0.05, 0) is 73.7 Å². The highest BCUT2D eigenvalue weighted by atomic mass is 16.5. The number of ether oxygens (including phenoxy) is 1. The molecule has 1 unspecified atom stereocenters. The van der Waals surface area contributed by atoms with Gasteiger partial charge in [0.25, 0.3) is 0 Å². The molecule has 0 aromatic heterocycles. The fourth-order valence-corrected chi connectivity index (χ4v) is 2.66. The van der Waals surface area contributed by atoms with Gasteiger partial charge in [-0.1, -0.05) is 31.2 Å². The summed E-state index contributed by atoms with van der Waals surface area (Å²) in [7, 11) is 0. The lowest BCUT2D eigenvalue weighted by Crippen LogP contribution is -2.30. The van der Waals surface area contributed by atoms with Crippen molar-refractivity contribution >= 4 is 0 Å². The van der Waals surface area contributed by atoms with Crippen molar-refractivity contribution in [2.75, 3.05) is 13.1 Å². The second-order valence-corrected chi connectivity index (χ2v) is 5.92. The standard InChI is InChI=1S/C19H26N2O/c1-14(17(12-20)13-21)10-16-8-9-19(11-15(16)2)22-18-6-4-3-5-7-18/h3-9,11,14,17H,10,12-13,20-21H2,1-2H3. The Morgan fingerprint density at radius 3 is 2.23 bits per heavy atom. The van der Waals surface area contributed by atoms with Gasteiger partial charge in [0, 0.05) is 0 Å². The van der Waals surface area contributed by atoms with Gasteiger partial charge in [0.15, 0.2) is 0 Å². The van der Waals surface area contributed by atoms with Crippen molar-refractivity contribution in [3.63, 3.8) is 0 Å². The van der Waals surface area contributed by atoms with E-state index >= 15 is 0 Å². The lowest BCUT2D eigenvalue weighted by Gasteiger charge is -2.22. The lowest BCUT2D eigenvalue weighted by molar-refractivity contribution is 0.372. The third-order valence-corrected chi connectivity index (χ3v) is 4.25. The molecule has 4 N–H and O–H groups in total. The van der Waals surface area contributed by atoms with E-state index < -0.39 is 0 Å². The first-order chi connectivity index (χ1) is 10.6. The molecule has 22 heavy (non-hydrogen) atoms. The molecule has 0 spiro atoms. The second kappa shape index (κ2) is 7.97. The van der Waals surface area contributed by atoms with Crippen LogP contribution in [0, 0.1) is 18.8 Å². The molecule has 0 aliphatic heterocycles. The highest BCUT2D eigenvalue weighted by molar-refractivity contribution is 5.38. The summed E-state index contributed by atoms with van der Waals surface area (Å²) in [4.78, 5) is 0. The molecule has 0 saturated heterocycles. The first-order valence-electron chi connectivity index (χ1n) is 7.86. The molecule has 0 saturated carbocycles. The van der Waals surface area contributed by atoms with E-state index in [0.717, 1.165) is 17.9 Å². The van der Waals surface area contributed by atoms with Crippen molar-refractivity contribution < 1.29 is 4.74 Å². The average Bonchev–Trinajstić information content (AvgIpc) is 2.52. The Labute approximate surface area is 133 Å². The Morgan fingerprint density at radius 1 is 0.955 bits per heavy atom. The van der Waals surface area contributed by atoms with E-state index in [1.165, 1.54) is 11.1 Å². The van der Waals surface area contributed by atoms with Crippen LogP contribution in [0.25, 0.3) is 0 Å². The average molecular weight is 298 g/mol. The summed E-state index contributed by atoms with van der Waals surface area (Å²) < 4.78 is 5.87. The predicted molar refractivity (Wildman–Crippen MR) is 92.2 cm³/mol. The van der Waals surface area contributed by atoms with E-state index in [1.54, 1.807) is 0 Å². The zero-order valence-electron chi connectivity index (χ0n) is 13.5. The van der Waals surface area contributed by atoms with Crippen LogP contribution in [-0.4, -0.2) is 13.1 Å². The summed E-state index contributed by atoms with van der Waals surface area (Å²) in [6.07, 6.45) is 0.997. The Bertz CT molecular complexity index is 579. The number of rotatable bonds is 7. The van der Waals surface area contributed by atoms with Gasteiger partial charge in [-0.2, -0.15) is 0 Å². The van der Waals surface area contributed by atoms with E-state index in [1.807, 2.05) is 36.4 Å². The smallest absolute Gasteiger partial charge is 0.127 e. The highest BCUT2D eigenvalue weighted by Gasteiger charge is 2.15. The van der Waals surface area contributed by atoms with Crippen LogP contribution in [0.15, 0.2) is 48.5 Å². The summed E-state index contributed by atoms with van der Waals surface area (Å²) in [5.41, 5.74) is 14.1. The zero-order valence-corrected chi connectivity index (χ0v) is 13.5. The highest BCUT2D eigenvalue weighted by Crippen LogP contribution is 2.26. The van der Waals surface area contributed by atoms with Crippen LogP contribution in [0.5, 0.6) is 11.5 Å². The summed E-state index contributed by atoms with van der Waals surface area (Å²) in [6.45, 7) is 5.63. The normalized spacial score (nSPS) is 12.4. The minimum absolute atomic E-state index is 0.375. The van der Waals surface area contributed by atoms with E-state index in [-0.39, 0.29) is 0 Å². The summed E-state index contributed by atoms with van der Waals surface area (Å²) >= 11 is 0. The lowest BCUT2D eigenvalue weighted by atomic mass is 9.87. The first kappa shape index (κ1) is 16.5. The fourth-order valence-electron chi connectivity index (χ4n) is 2.66. The SMILES string of the molecule is Cc1cc(Oc2ccccc2)ccc1CC(C)C(CN)CN. The number of hydrogen-bond acceptors (Lipinski definition) is 3. The van der Waals surface area contributed by atoms with Gasteiger partial charge in [-0.25, -0.2) is 0 Å². The molecule has 0 amide bonds. The van der Waals surface area contributed by atoms with E-state index in [2.05, 4.69) is 26.0 Å². The number of aryl methyl sites for hydroxylation is 1. The van der Waals surface area contributed by atoms with Crippen molar-refractivity contribution in [2.45, 2.75) is 20.3 Å². The summed E-state index contributed by atoms with van der Waals surface area (Å²) in [6, 6.07) is 16.1. The topological polar surface area (TPSA) is 61.3 Å². The number of benzene rings is 2. The van der Waals surface area contributed by atoms with Gasteiger partial charge in [0.05, 0.1) is 0 Å². The Balaban J connectivity index is 2.06. The quantitative estimate of drug-likeness (QED) is 0.822. The molecule has 0 fully saturated rings. The molecule has 1 atom stereocenters. The van der Waals surface area contributed by atoms with Crippen LogP contribution in [0.4, 0.5) is 0 Å². The Morgan fingerprint density at radius 2 is 1.64 bits per heavy atom. The molecule has 118 valence electrons. The van der Waals surface area contributed by atoms with E-state index in [9.17, 15) is 0 Å². The van der Waals surface area contributed by atoms with Gasteiger partial charge >= 0.3 is 0 Å². The Kier molecular flexibility index (Phi) is 5.99. The molecule has 3 heteroatoms. The number of nitrogens with two attached hydrogens (primary N) is 2. The number of hydrogen-bond donors (Lipinski definition) is 2. The van der Waals surface area contributed by atoms with Crippen LogP contribution in [0.3, 0.4) is 0 Å². The third kappa shape index (κ3) is 4.33. The maximum atomic E-state index is 5.87. The minimum Gasteiger partial charge on any atom is -0.457 e. The van der Waals surface area contributed by atoms with Crippen LogP contribution in [-0.2, 0) is 6.42 Å². The Hall–Kier alpha value is -1.84. The maximum Gasteiger partial charge on any atom is 0.127 e. The van der Waals surface area contributed by atoms with Crippen molar-refractivity contribution in [1.82, 2.24) is 0 Å². The molecule has 2 aromatic carbocycles. The summed E-state index contributed by atoms with van der Waals surface area (Å²) in [5, 5.41) is 0. The first-order valence-corrected chi connectivity index (χ1v) is 7.86. The minimum atomic E-state index is 0.375. The molecule has 0 bridgehead atoms. The molecule has 2 rings (SSSR count). The van der Waals surface area contributed by atoms with Crippen LogP contribution >= 0.6 is 0 Å². The van der Waals surface area contributed by atoms with Gasteiger partial charge < -0.3 is 16.2 Å². The monoisotopic (exact) mass is 298 g/mol. The number of para-hydroxylation sites is 1. The largest absolute Gasteiger partial charge is 0.457 e. The van der Waals surface area contributed by atoms with Crippen LogP contribution < -0.4 is 16.2 Å². The van der Waals surface area contributed by atoms with Gasteiger partial charge in [0.1, 0.15) is 11.5 Å². The van der Waals surface area contributed by atoms with Gasteiger partial charge in [0.2, 0.25) is 0 Å². The maximum absolute atomic E-state index is 5.87. The fraction of sp³-hybridized carbons (Fsp3) is 0.368. The molecular weight excluding hydrogens is 272 g/mol. The van der Waals surface area contributed by atoms with Gasteiger partial charge in [-0.15, -0.1) is 0 Å². The molecule has 0 heterocycles. The predicted octanol–water partition coefficient (Wildman–Crippen LogP) is 3.50. The van der Waals surface area contributed by atoms with Crippen molar-refractivity contribution in [3.8, 4) is 11.5 Å². The van der Waals surface area contributed by atoms with Crippen LogP contribution in [0.1, 0.15) is 18.1 Å². The van der Waals surface area contributed by atoms with Crippen molar-refractivity contribution in [2.24, 2.45) is 23.3 Å². The molecule has 0 radical (unpaired) electrons. The van der Waals surface area contributed by atoms with Crippen LogP contribution in [0.2, 0.25) is 0 Å².